The minimum absolute atomic E-state index is 0.0799. The van der Waals surface area contributed by atoms with Gasteiger partial charge in [-0.1, -0.05) is 27.7 Å². The van der Waals surface area contributed by atoms with Crippen LogP contribution < -0.4 is 0 Å². The highest BCUT2D eigenvalue weighted by molar-refractivity contribution is 5.16. The summed E-state index contributed by atoms with van der Waals surface area (Å²) in [6.07, 6.45) is -17.3. The first kappa shape index (κ1) is 50.6. The molecule has 0 amide bonds. The Morgan fingerprint density at radius 2 is 1.18 bits per heavy atom. The van der Waals surface area contributed by atoms with Gasteiger partial charge >= 0.3 is 0 Å². The van der Waals surface area contributed by atoms with Crippen LogP contribution in [0.2, 0.25) is 0 Å². The summed E-state index contributed by atoms with van der Waals surface area (Å²) >= 11 is 0. The van der Waals surface area contributed by atoms with E-state index in [1.165, 1.54) is 0 Å². The fourth-order valence-corrected chi connectivity index (χ4v) is 14.2. The highest BCUT2D eigenvalue weighted by Crippen LogP contribution is 2.71. The summed E-state index contributed by atoms with van der Waals surface area (Å²) < 4.78 is 41.3. The van der Waals surface area contributed by atoms with E-state index in [-0.39, 0.29) is 59.0 Å². The number of aliphatic hydroxyl groups is 13. The van der Waals surface area contributed by atoms with E-state index in [2.05, 4.69) is 20.8 Å². The van der Waals surface area contributed by atoms with Crippen molar-refractivity contribution in [2.45, 2.75) is 202 Å². The molecule has 20 nitrogen and oxygen atoms in total. The summed E-state index contributed by atoms with van der Waals surface area (Å²) in [7, 11) is 0. The monoisotopic (exact) mass is 936 g/mol. The average molecular weight is 937 g/mol. The molecular formula is C45H76O20. The number of hydrogen-bond acceptors (Lipinski definition) is 20. The largest absolute Gasteiger partial charge is 0.394 e. The maximum Gasteiger partial charge on any atom is 0.187 e. The molecule has 4 aliphatic carbocycles. The van der Waals surface area contributed by atoms with Crippen molar-refractivity contribution in [2.24, 2.45) is 52.3 Å². The van der Waals surface area contributed by atoms with Crippen LogP contribution in [-0.2, 0) is 33.2 Å². The molecule has 0 radical (unpaired) electrons. The fraction of sp³-hybridized carbons (Fsp3) is 1.00. The van der Waals surface area contributed by atoms with Gasteiger partial charge < -0.3 is 99.5 Å². The first-order chi connectivity index (χ1) is 30.7. The zero-order valence-corrected chi connectivity index (χ0v) is 37.8. The van der Waals surface area contributed by atoms with Gasteiger partial charge in [0.2, 0.25) is 0 Å². The Kier molecular flexibility index (Phi) is 15.1. The number of hydrogen-bond donors (Lipinski definition) is 13. The Balaban J connectivity index is 0.852. The molecule has 0 bridgehead atoms. The van der Waals surface area contributed by atoms with E-state index in [0.717, 1.165) is 25.7 Å². The summed E-state index contributed by atoms with van der Waals surface area (Å²) in [4.78, 5) is 0. The molecule has 20 heteroatoms. The second-order valence-electron chi connectivity index (χ2n) is 21.6. The Morgan fingerprint density at radius 3 is 1.83 bits per heavy atom. The minimum atomic E-state index is -1.77. The first-order valence-electron chi connectivity index (χ1n) is 23.9. The maximum absolute atomic E-state index is 12.0. The molecule has 8 fully saturated rings. The minimum Gasteiger partial charge on any atom is -0.394 e. The van der Waals surface area contributed by atoms with E-state index in [0.29, 0.717) is 38.0 Å². The standard InChI is InChI=1S/C45H76O20/c1-18(17-59-40-36(55)33(52)31(50)27(14-46)61-40)5-10-45(58)19(2)30-26(65-45)13-23-21-12-25(49)24-11-20(6-8-43(24,3)22(21)7-9-44(23,30)4)60-41-38(57)35(54)39(29(16-48)63-41)64-42-37(56)34(53)32(51)28(15-47)62-42/h18-42,46-58H,5-17H2,1-4H3/t18-,19-,20-,21+,22-,23-,24-,25-,26-,27+,28+,29+,30-,31+,32+,33-,34-,35+,36+,37+,38+,39-,40+,41+,42-,43+,44-,45?/m0/s1. The molecule has 4 saturated heterocycles. The Morgan fingerprint density at radius 1 is 0.615 bits per heavy atom. The van der Waals surface area contributed by atoms with Gasteiger partial charge in [-0.05, 0) is 97.7 Å². The molecular weight excluding hydrogens is 860 g/mol. The zero-order chi connectivity index (χ0) is 47.1. The Hall–Kier alpha value is -0.800. The van der Waals surface area contributed by atoms with Crippen molar-refractivity contribution in [1.29, 1.82) is 0 Å². The lowest BCUT2D eigenvalue weighted by molar-refractivity contribution is -0.364. The predicted octanol–water partition coefficient (Wildman–Crippen LogP) is -2.81. The topological polar surface area (TPSA) is 328 Å². The Labute approximate surface area is 379 Å². The molecule has 8 aliphatic rings. The molecule has 4 aliphatic heterocycles. The summed E-state index contributed by atoms with van der Waals surface area (Å²) in [6.45, 7) is 6.88. The molecule has 65 heavy (non-hydrogen) atoms. The van der Waals surface area contributed by atoms with E-state index >= 15 is 0 Å². The van der Waals surface area contributed by atoms with Crippen molar-refractivity contribution in [2.75, 3.05) is 26.4 Å². The molecule has 4 heterocycles. The van der Waals surface area contributed by atoms with E-state index in [9.17, 15) is 66.4 Å². The number of aliphatic hydroxyl groups excluding tert-OH is 12. The smallest absolute Gasteiger partial charge is 0.187 e. The zero-order valence-electron chi connectivity index (χ0n) is 37.8. The van der Waals surface area contributed by atoms with Crippen molar-refractivity contribution in [3.8, 4) is 0 Å². The summed E-state index contributed by atoms with van der Waals surface area (Å²) in [5.41, 5.74) is -0.314. The van der Waals surface area contributed by atoms with Crippen molar-refractivity contribution >= 4 is 0 Å². The molecule has 1 unspecified atom stereocenters. The Bertz CT molecular complexity index is 1590. The summed E-state index contributed by atoms with van der Waals surface area (Å²) in [5.74, 6) is -0.696. The van der Waals surface area contributed by atoms with Crippen molar-refractivity contribution in [3.63, 3.8) is 0 Å². The third-order valence-electron chi connectivity index (χ3n) is 18.0. The van der Waals surface area contributed by atoms with E-state index in [1.54, 1.807) is 0 Å². The quantitative estimate of drug-likeness (QED) is 0.0829. The highest BCUT2D eigenvalue weighted by atomic mass is 16.7. The second kappa shape index (κ2) is 19.4. The molecule has 0 aromatic heterocycles. The van der Waals surface area contributed by atoms with Gasteiger partial charge in [0.1, 0.15) is 73.2 Å². The summed E-state index contributed by atoms with van der Waals surface area (Å²) in [6, 6.07) is 0. The molecule has 376 valence electrons. The van der Waals surface area contributed by atoms with E-state index in [4.69, 9.17) is 33.2 Å². The van der Waals surface area contributed by atoms with Gasteiger partial charge in [-0.2, -0.15) is 0 Å². The van der Waals surface area contributed by atoms with Crippen LogP contribution in [0.5, 0.6) is 0 Å². The van der Waals surface area contributed by atoms with Gasteiger partial charge in [-0.3, -0.25) is 0 Å². The summed E-state index contributed by atoms with van der Waals surface area (Å²) in [5, 5.41) is 137. The fourth-order valence-electron chi connectivity index (χ4n) is 14.2. The lowest BCUT2D eigenvalue weighted by atomic mass is 9.43. The third-order valence-corrected chi connectivity index (χ3v) is 18.0. The van der Waals surface area contributed by atoms with Crippen LogP contribution in [0.1, 0.15) is 85.5 Å². The van der Waals surface area contributed by atoms with Crippen LogP contribution in [-0.4, -0.2) is 209 Å². The molecule has 0 aromatic carbocycles. The molecule has 0 aromatic rings. The first-order valence-corrected chi connectivity index (χ1v) is 23.9. The van der Waals surface area contributed by atoms with Crippen LogP contribution >= 0.6 is 0 Å². The number of fused-ring (bicyclic) bond motifs is 7. The maximum atomic E-state index is 12.0. The lowest BCUT2D eigenvalue weighted by Gasteiger charge is -2.62. The van der Waals surface area contributed by atoms with Gasteiger partial charge in [0.05, 0.1) is 44.7 Å². The van der Waals surface area contributed by atoms with Crippen LogP contribution in [0.4, 0.5) is 0 Å². The van der Waals surface area contributed by atoms with Crippen molar-refractivity contribution in [3.05, 3.63) is 0 Å². The van der Waals surface area contributed by atoms with Crippen molar-refractivity contribution < 1.29 is 99.5 Å². The molecule has 13 N–H and O–H groups in total. The second-order valence-corrected chi connectivity index (χ2v) is 21.6. The van der Waals surface area contributed by atoms with Crippen molar-refractivity contribution in [1.82, 2.24) is 0 Å². The van der Waals surface area contributed by atoms with Crippen LogP contribution in [0.3, 0.4) is 0 Å². The normalized spacial score (nSPS) is 56.1. The molecule has 28 atom stereocenters. The number of ether oxygens (including phenoxy) is 7. The van der Waals surface area contributed by atoms with Crippen LogP contribution in [0.15, 0.2) is 0 Å². The van der Waals surface area contributed by atoms with Gasteiger partial charge in [-0.15, -0.1) is 0 Å². The molecule has 8 rings (SSSR count). The molecule has 4 saturated carbocycles. The van der Waals surface area contributed by atoms with Gasteiger partial charge in [-0.25, -0.2) is 0 Å². The predicted molar refractivity (Wildman–Crippen MR) is 220 cm³/mol. The average Bonchev–Trinajstić information content (AvgIpc) is 3.72. The van der Waals surface area contributed by atoms with Crippen LogP contribution in [0.25, 0.3) is 0 Å². The van der Waals surface area contributed by atoms with E-state index < -0.39 is 130 Å². The third kappa shape index (κ3) is 8.89. The van der Waals surface area contributed by atoms with E-state index in [1.807, 2.05) is 6.92 Å². The SMILES string of the molecule is C[C@@H](CCC1(O)O[C@H]2C[C@H]3[C@@H]4C[C@H](O)[C@@H]5C[C@@H](O[C@@H]6O[C@H](CO)[C@H](O[C@@H]7O[C@H](CO)[C@@H](O)[C@H](O)[C@H]7O)[C@H](O)[C@H]6O)CC[C@]5(C)[C@H]4CC[C@]3(C)[C@H]2[C@@H]1C)CO[C@@H]1O[C@H](CO)[C@@H](O)[C@H](O)[C@H]1O. The molecule has 0 spiro atoms. The van der Waals surface area contributed by atoms with Gasteiger partial charge in [0.25, 0.3) is 0 Å². The lowest BCUT2D eigenvalue weighted by Crippen LogP contribution is -2.65. The van der Waals surface area contributed by atoms with Gasteiger partial charge in [0, 0.05) is 12.3 Å². The highest BCUT2D eigenvalue weighted by Gasteiger charge is 2.69. The van der Waals surface area contributed by atoms with Gasteiger partial charge in [0.15, 0.2) is 24.7 Å². The van der Waals surface area contributed by atoms with Crippen LogP contribution in [0, 0.1) is 52.3 Å². The number of rotatable bonds is 13.